The Bertz CT molecular complexity index is 866. The molecule has 7 nitrogen and oxygen atoms in total. The molecule has 4 rings (SSSR count). The van der Waals surface area contributed by atoms with Crippen LogP contribution >= 0.6 is 23.1 Å². The van der Waals surface area contributed by atoms with Crippen LogP contribution in [-0.2, 0) is 4.79 Å². The van der Waals surface area contributed by atoms with E-state index in [1.807, 2.05) is 5.38 Å². The highest BCUT2D eigenvalue weighted by molar-refractivity contribution is 8.26. The average Bonchev–Trinajstić information content (AvgIpc) is 3.29. The summed E-state index contributed by atoms with van der Waals surface area (Å²) in [7, 11) is 0. The van der Waals surface area contributed by atoms with E-state index in [0.717, 1.165) is 11.8 Å². The predicted octanol–water partition coefficient (Wildman–Crippen LogP) is 2.33. The molecule has 2 amide bonds. The standard InChI is InChI=1S/C14H8N4O3S2/c19-11(10-4-2-6-22-10)16-13-17-18-12(20)9(15-14(18)23-13)7-8-3-1-5-21-8/h1-7H,(H,16,17,19)/b9-7+. The second-order valence-electron chi connectivity index (χ2n) is 4.49. The molecule has 0 saturated heterocycles. The summed E-state index contributed by atoms with van der Waals surface area (Å²) >= 11 is 2.47. The van der Waals surface area contributed by atoms with Gasteiger partial charge in [-0.3, -0.25) is 14.9 Å². The number of hydrazone groups is 1. The molecule has 4 heterocycles. The quantitative estimate of drug-likeness (QED) is 0.847. The van der Waals surface area contributed by atoms with Crippen molar-refractivity contribution < 1.29 is 14.0 Å². The van der Waals surface area contributed by atoms with E-state index >= 15 is 0 Å². The lowest BCUT2D eigenvalue weighted by Crippen LogP contribution is -2.27. The molecule has 2 aliphatic rings. The lowest BCUT2D eigenvalue weighted by Gasteiger charge is -2.01. The maximum absolute atomic E-state index is 12.2. The second-order valence-corrected chi connectivity index (χ2v) is 6.40. The zero-order valence-electron chi connectivity index (χ0n) is 11.4. The summed E-state index contributed by atoms with van der Waals surface area (Å²) in [5, 5.41) is 10.5. The predicted molar refractivity (Wildman–Crippen MR) is 87.8 cm³/mol. The number of hydrogen-bond donors (Lipinski definition) is 1. The van der Waals surface area contributed by atoms with Gasteiger partial charge in [0.15, 0.2) is 5.17 Å². The highest BCUT2D eigenvalue weighted by Gasteiger charge is 2.37. The number of hydrogen-bond acceptors (Lipinski definition) is 7. The monoisotopic (exact) mass is 344 g/mol. The zero-order valence-corrected chi connectivity index (χ0v) is 13.1. The minimum absolute atomic E-state index is 0.245. The van der Waals surface area contributed by atoms with E-state index in [9.17, 15) is 9.59 Å². The van der Waals surface area contributed by atoms with Crippen molar-refractivity contribution in [2.24, 2.45) is 10.1 Å². The van der Waals surface area contributed by atoms with Crippen molar-refractivity contribution in [2.75, 3.05) is 0 Å². The van der Waals surface area contributed by atoms with Crippen molar-refractivity contribution in [2.45, 2.75) is 0 Å². The third kappa shape index (κ3) is 2.60. The molecule has 2 aromatic rings. The zero-order chi connectivity index (χ0) is 15.8. The number of aliphatic imine (C=N–C) groups is 1. The lowest BCUT2D eigenvalue weighted by atomic mass is 10.3. The Labute approximate surface area is 138 Å². The summed E-state index contributed by atoms with van der Waals surface area (Å²) in [5.74, 6) is -0.0739. The van der Waals surface area contributed by atoms with E-state index in [4.69, 9.17) is 4.42 Å². The van der Waals surface area contributed by atoms with Crippen LogP contribution in [0.25, 0.3) is 6.08 Å². The first kappa shape index (κ1) is 14.0. The fraction of sp³-hybridized carbons (Fsp3) is 0. The van der Waals surface area contributed by atoms with Crippen LogP contribution in [0.4, 0.5) is 0 Å². The fourth-order valence-electron chi connectivity index (χ4n) is 1.96. The number of amides is 2. The Morgan fingerprint density at radius 1 is 1.35 bits per heavy atom. The number of furan rings is 1. The van der Waals surface area contributed by atoms with Gasteiger partial charge in [-0.1, -0.05) is 6.07 Å². The van der Waals surface area contributed by atoms with Gasteiger partial charge in [0.2, 0.25) is 5.17 Å². The molecular weight excluding hydrogens is 336 g/mol. The van der Waals surface area contributed by atoms with Gasteiger partial charge in [0.1, 0.15) is 11.5 Å². The Kier molecular flexibility index (Phi) is 3.36. The number of nitrogens with one attached hydrogen (secondary N) is 1. The van der Waals surface area contributed by atoms with Crippen LogP contribution in [-0.4, -0.2) is 27.2 Å². The number of thiophene rings is 1. The van der Waals surface area contributed by atoms with Crippen LogP contribution in [0.5, 0.6) is 0 Å². The smallest absolute Gasteiger partial charge is 0.299 e. The maximum atomic E-state index is 12.2. The molecule has 0 fully saturated rings. The highest BCUT2D eigenvalue weighted by atomic mass is 32.2. The van der Waals surface area contributed by atoms with E-state index in [1.165, 1.54) is 22.6 Å². The van der Waals surface area contributed by atoms with Gasteiger partial charge in [0, 0.05) is 6.08 Å². The van der Waals surface area contributed by atoms with E-state index < -0.39 is 0 Å². The maximum Gasteiger partial charge on any atom is 0.299 e. The van der Waals surface area contributed by atoms with Crippen molar-refractivity contribution >= 4 is 51.3 Å². The van der Waals surface area contributed by atoms with Crippen molar-refractivity contribution in [1.82, 2.24) is 10.3 Å². The summed E-state index contributed by atoms with van der Waals surface area (Å²) in [5.41, 5.74) is 0.245. The fourth-order valence-corrected chi connectivity index (χ4v) is 3.38. The third-order valence-corrected chi connectivity index (χ3v) is 4.67. The Hall–Kier alpha value is -2.65. The topological polar surface area (TPSA) is 87.3 Å². The van der Waals surface area contributed by atoms with Gasteiger partial charge in [0.25, 0.3) is 11.8 Å². The number of thioether (sulfide) groups is 1. The number of carbonyl (C=O) groups is 2. The molecule has 0 unspecified atom stereocenters. The highest BCUT2D eigenvalue weighted by Crippen LogP contribution is 2.29. The van der Waals surface area contributed by atoms with Gasteiger partial charge in [0.05, 0.1) is 11.1 Å². The summed E-state index contributed by atoms with van der Waals surface area (Å²) in [4.78, 5) is 29.0. The summed E-state index contributed by atoms with van der Waals surface area (Å²) < 4.78 is 5.17. The van der Waals surface area contributed by atoms with Crippen LogP contribution in [0.15, 0.2) is 56.1 Å². The van der Waals surface area contributed by atoms with Crippen LogP contribution < -0.4 is 5.32 Å². The lowest BCUT2D eigenvalue weighted by molar-refractivity contribution is -0.122. The Morgan fingerprint density at radius 2 is 2.26 bits per heavy atom. The second kappa shape index (κ2) is 5.52. The number of nitrogens with zero attached hydrogens (tertiary/aromatic N) is 3. The van der Waals surface area contributed by atoms with Crippen LogP contribution in [0.3, 0.4) is 0 Å². The average molecular weight is 344 g/mol. The van der Waals surface area contributed by atoms with E-state index in [0.29, 0.717) is 21.0 Å². The first-order valence-electron chi connectivity index (χ1n) is 6.50. The SMILES string of the molecule is O=C(NC1=NN2C(=O)/C(=C\c3ccco3)N=C2S1)c1cccs1. The van der Waals surface area contributed by atoms with Gasteiger partial charge in [-0.05, 0) is 35.3 Å². The van der Waals surface area contributed by atoms with Gasteiger partial charge in [-0.25, -0.2) is 4.99 Å². The molecule has 2 aromatic heterocycles. The van der Waals surface area contributed by atoms with Gasteiger partial charge >= 0.3 is 0 Å². The molecule has 0 aliphatic carbocycles. The van der Waals surface area contributed by atoms with Gasteiger partial charge in [-0.2, -0.15) is 5.01 Å². The first-order chi connectivity index (χ1) is 11.2. The third-order valence-electron chi connectivity index (χ3n) is 2.98. The minimum atomic E-state index is -0.357. The van der Waals surface area contributed by atoms with Crippen LogP contribution in [0.2, 0.25) is 0 Å². The van der Waals surface area contributed by atoms with Gasteiger partial charge < -0.3 is 4.42 Å². The number of rotatable bonds is 2. The molecular formula is C14H8N4O3S2. The Balaban J connectivity index is 1.50. The number of amidine groups is 2. The molecule has 0 spiro atoms. The molecule has 0 radical (unpaired) electrons. The number of carbonyl (C=O) groups excluding carboxylic acids is 2. The minimum Gasteiger partial charge on any atom is -0.465 e. The van der Waals surface area contributed by atoms with Crippen molar-refractivity contribution in [1.29, 1.82) is 0 Å². The van der Waals surface area contributed by atoms with Crippen molar-refractivity contribution in [3.05, 3.63) is 52.2 Å². The molecule has 23 heavy (non-hydrogen) atoms. The molecule has 9 heteroatoms. The van der Waals surface area contributed by atoms with Crippen LogP contribution in [0.1, 0.15) is 15.4 Å². The van der Waals surface area contributed by atoms with Crippen molar-refractivity contribution in [3.8, 4) is 0 Å². The van der Waals surface area contributed by atoms with E-state index in [1.54, 1.807) is 30.3 Å². The molecule has 1 N–H and O–H groups in total. The molecule has 0 aromatic carbocycles. The summed E-state index contributed by atoms with van der Waals surface area (Å²) in [6.45, 7) is 0. The van der Waals surface area contributed by atoms with Crippen LogP contribution in [0, 0.1) is 0 Å². The van der Waals surface area contributed by atoms with E-state index in [2.05, 4.69) is 15.4 Å². The molecule has 0 atom stereocenters. The molecule has 114 valence electrons. The Morgan fingerprint density at radius 3 is 2.96 bits per heavy atom. The number of fused-ring (bicyclic) bond motifs is 1. The molecule has 0 bridgehead atoms. The molecule has 2 aliphatic heterocycles. The normalized spacial score (nSPS) is 18.2. The summed E-state index contributed by atoms with van der Waals surface area (Å²) in [6.07, 6.45) is 3.07. The summed E-state index contributed by atoms with van der Waals surface area (Å²) in [6, 6.07) is 6.97. The van der Waals surface area contributed by atoms with Crippen molar-refractivity contribution in [3.63, 3.8) is 0 Å². The first-order valence-corrected chi connectivity index (χ1v) is 8.20. The van der Waals surface area contributed by atoms with Gasteiger partial charge in [-0.15, -0.1) is 16.4 Å². The van der Waals surface area contributed by atoms with E-state index in [-0.39, 0.29) is 17.5 Å². The molecule has 0 saturated carbocycles. The largest absolute Gasteiger partial charge is 0.465 e.